The number of aromatic nitrogens is 2. The van der Waals surface area contributed by atoms with Gasteiger partial charge in [-0.2, -0.15) is 0 Å². The topological polar surface area (TPSA) is 67.4 Å². The van der Waals surface area contributed by atoms with Crippen molar-refractivity contribution in [3.05, 3.63) is 52.8 Å². The summed E-state index contributed by atoms with van der Waals surface area (Å²) < 4.78 is 5.41. The first-order chi connectivity index (χ1) is 14.4. The lowest BCUT2D eigenvalue weighted by molar-refractivity contribution is -0.130. The van der Waals surface area contributed by atoms with Crippen molar-refractivity contribution < 1.29 is 9.53 Å². The normalized spacial score (nSPS) is 17.8. The molecule has 1 fully saturated rings. The van der Waals surface area contributed by atoms with Crippen LogP contribution in [0.3, 0.4) is 0 Å². The van der Waals surface area contributed by atoms with Gasteiger partial charge < -0.3 is 15.0 Å². The summed E-state index contributed by atoms with van der Waals surface area (Å²) in [6.07, 6.45) is 4.31. The smallest absolute Gasteiger partial charge is 0.299 e. The van der Waals surface area contributed by atoms with E-state index in [9.17, 15) is 4.79 Å². The average molecular weight is 405 g/mol. The van der Waals surface area contributed by atoms with Gasteiger partial charge in [-0.05, 0) is 45.1 Å². The third-order valence-corrected chi connectivity index (χ3v) is 5.92. The van der Waals surface area contributed by atoms with Crippen molar-refractivity contribution in [1.82, 2.24) is 14.9 Å². The second kappa shape index (κ2) is 8.45. The Morgan fingerprint density at radius 3 is 2.73 bits per heavy atom. The van der Waals surface area contributed by atoms with E-state index >= 15 is 0 Å². The van der Waals surface area contributed by atoms with Crippen LogP contribution >= 0.6 is 0 Å². The molecule has 0 atom stereocenters. The van der Waals surface area contributed by atoms with Gasteiger partial charge in [-0.15, -0.1) is 0 Å². The predicted molar refractivity (Wildman–Crippen MR) is 116 cm³/mol. The first-order valence-electron chi connectivity index (χ1n) is 10.5. The van der Waals surface area contributed by atoms with E-state index in [0.717, 1.165) is 42.9 Å². The maximum atomic E-state index is 12.9. The van der Waals surface area contributed by atoms with Crippen molar-refractivity contribution in [3.63, 3.8) is 0 Å². The average Bonchev–Trinajstić information content (AvgIpc) is 3.00. The standard InChI is InChI=1S/C24H28N4O2/c1-17-7-9-18(10-8-17)5-4-6-22(29)28-16-21-20(24(28,2)3)15-25-23(27-21)26-19-11-13-30-14-12-19/h7-10,15,19H,5,11-14,16H2,1-3H3,(H,25,26,27). The lowest BCUT2D eigenvalue weighted by atomic mass is 9.97. The lowest BCUT2D eigenvalue weighted by Crippen LogP contribution is -2.39. The number of anilines is 1. The van der Waals surface area contributed by atoms with Crippen LogP contribution in [0.1, 0.15) is 49.1 Å². The van der Waals surface area contributed by atoms with Crippen LogP contribution in [0, 0.1) is 18.8 Å². The SMILES string of the molecule is Cc1ccc(CC#CC(=O)N2Cc3nc(NC4CCOCC4)ncc3C2(C)C)cc1. The van der Waals surface area contributed by atoms with E-state index in [1.807, 2.05) is 32.2 Å². The summed E-state index contributed by atoms with van der Waals surface area (Å²) >= 11 is 0. The Kier molecular flexibility index (Phi) is 5.74. The minimum absolute atomic E-state index is 0.177. The molecule has 1 N–H and O–H groups in total. The molecule has 3 heterocycles. The van der Waals surface area contributed by atoms with Crippen LogP contribution < -0.4 is 5.32 Å². The summed E-state index contributed by atoms with van der Waals surface area (Å²) in [5.74, 6) is 6.29. The zero-order valence-corrected chi connectivity index (χ0v) is 17.9. The van der Waals surface area contributed by atoms with Gasteiger partial charge in [0.25, 0.3) is 5.91 Å². The number of hydrogen-bond acceptors (Lipinski definition) is 5. The molecule has 30 heavy (non-hydrogen) atoms. The molecule has 0 spiro atoms. The Morgan fingerprint density at radius 1 is 1.27 bits per heavy atom. The molecule has 0 aliphatic carbocycles. The molecule has 0 bridgehead atoms. The summed E-state index contributed by atoms with van der Waals surface area (Å²) in [5.41, 5.74) is 3.71. The van der Waals surface area contributed by atoms with Gasteiger partial charge >= 0.3 is 0 Å². The molecule has 1 amide bonds. The number of fused-ring (bicyclic) bond motifs is 1. The Labute approximate surface area is 178 Å². The molecule has 2 aromatic rings. The molecule has 4 rings (SSSR count). The summed E-state index contributed by atoms with van der Waals surface area (Å²) in [4.78, 5) is 23.8. The Morgan fingerprint density at radius 2 is 2.00 bits per heavy atom. The Bertz CT molecular complexity index is 983. The second-order valence-corrected chi connectivity index (χ2v) is 8.50. The van der Waals surface area contributed by atoms with Crippen molar-refractivity contribution in [1.29, 1.82) is 0 Å². The highest BCUT2D eigenvalue weighted by Gasteiger charge is 2.41. The second-order valence-electron chi connectivity index (χ2n) is 8.50. The molecule has 1 saturated heterocycles. The Balaban J connectivity index is 1.44. The van der Waals surface area contributed by atoms with E-state index in [2.05, 4.69) is 41.2 Å². The predicted octanol–water partition coefficient (Wildman–Crippen LogP) is 3.20. The van der Waals surface area contributed by atoms with E-state index in [1.54, 1.807) is 4.90 Å². The van der Waals surface area contributed by atoms with Crippen LogP contribution in [-0.2, 0) is 28.0 Å². The number of rotatable bonds is 3. The summed E-state index contributed by atoms with van der Waals surface area (Å²) in [6, 6.07) is 8.55. The number of carbonyl (C=O) groups is 1. The first-order valence-corrected chi connectivity index (χ1v) is 10.5. The number of benzene rings is 1. The molecule has 1 aromatic carbocycles. The van der Waals surface area contributed by atoms with Crippen LogP contribution in [0.4, 0.5) is 5.95 Å². The lowest BCUT2D eigenvalue weighted by Gasteiger charge is -2.30. The minimum Gasteiger partial charge on any atom is -0.381 e. The van der Waals surface area contributed by atoms with Crippen LogP contribution in [0.25, 0.3) is 0 Å². The molecule has 156 valence electrons. The third-order valence-electron chi connectivity index (χ3n) is 5.92. The van der Waals surface area contributed by atoms with Gasteiger partial charge in [0.2, 0.25) is 5.95 Å². The van der Waals surface area contributed by atoms with Crippen LogP contribution in [-0.4, -0.2) is 40.0 Å². The number of ether oxygens (including phenoxy) is 1. The first kappa shape index (κ1) is 20.4. The van der Waals surface area contributed by atoms with Crippen molar-refractivity contribution in [3.8, 4) is 11.8 Å². The van der Waals surface area contributed by atoms with Crippen LogP contribution in [0.2, 0.25) is 0 Å². The van der Waals surface area contributed by atoms with Crippen molar-refractivity contribution in [2.75, 3.05) is 18.5 Å². The minimum atomic E-state index is -0.484. The zero-order valence-electron chi connectivity index (χ0n) is 17.9. The highest BCUT2D eigenvalue weighted by Crippen LogP contribution is 2.37. The van der Waals surface area contributed by atoms with E-state index in [4.69, 9.17) is 9.72 Å². The van der Waals surface area contributed by atoms with Crippen molar-refractivity contribution in [2.24, 2.45) is 0 Å². The summed E-state index contributed by atoms with van der Waals surface area (Å²) in [6.45, 7) is 8.07. The van der Waals surface area contributed by atoms with Gasteiger partial charge in [0.15, 0.2) is 0 Å². The summed E-state index contributed by atoms with van der Waals surface area (Å²) in [5, 5.41) is 3.40. The Hall–Kier alpha value is -2.91. The molecule has 1 aromatic heterocycles. The number of amides is 1. The van der Waals surface area contributed by atoms with Gasteiger partial charge in [-0.25, -0.2) is 9.97 Å². The molecule has 2 aliphatic heterocycles. The van der Waals surface area contributed by atoms with E-state index in [1.165, 1.54) is 5.56 Å². The van der Waals surface area contributed by atoms with Crippen LogP contribution in [0.15, 0.2) is 30.5 Å². The highest BCUT2D eigenvalue weighted by molar-refractivity contribution is 5.94. The number of nitrogens with zero attached hydrogens (tertiary/aromatic N) is 3. The number of aryl methyl sites for hydroxylation is 1. The fraction of sp³-hybridized carbons (Fsp3) is 0.458. The quantitative estimate of drug-likeness (QED) is 0.796. The van der Waals surface area contributed by atoms with Crippen molar-refractivity contribution in [2.45, 2.75) is 58.2 Å². The molecule has 6 heteroatoms. The molecule has 6 nitrogen and oxygen atoms in total. The maximum absolute atomic E-state index is 12.9. The number of hydrogen-bond donors (Lipinski definition) is 1. The van der Waals surface area contributed by atoms with Crippen molar-refractivity contribution >= 4 is 11.9 Å². The largest absolute Gasteiger partial charge is 0.381 e. The maximum Gasteiger partial charge on any atom is 0.299 e. The molecular formula is C24H28N4O2. The number of nitrogens with one attached hydrogen (secondary N) is 1. The van der Waals surface area contributed by atoms with Gasteiger partial charge in [0.05, 0.1) is 17.8 Å². The molecule has 0 unspecified atom stereocenters. The fourth-order valence-electron chi connectivity index (χ4n) is 3.96. The number of carbonyl (C=O) groups excluding carboxylic acids is 1. The zero-order chi connectivity index (χ0) is 21.1. The molecule has 0 saturated carbocycles. The molecular weight excluding hydrogens is 376 g/mol. The third kappa shape index (κ3) is 4.31. The summed E-state index contributed by atoms with van der Waals surface area (Å²) in [7, 11) is 0. The highest BCUT2D eigenvalue weighted by atomic mass is 16.5. The van der Waals surface area contributed by atoms with Gasteiger partial charge in [-0.3, -0.25) is 4.79 Å². The van der Waals surface area contributed by atoms with E-state index in [-0.39, 0.29) is 5.91 Å². The van der Waals surface area contributed by atoms with Gasteiger partial charge in [0.1, 0.15) is 0 Å². The fourth-order valence-corrected chi connectivity index (χ4v) is 3.96. The van der Waals surface area contributed by atoms with Gasteiger partial charge in [0, 0.05) is 37.4 Å². The molecule has 2 aliphatic rings. The van der Waals surface area contributed by atoms with E-state index in [0.29, 0.717) is 25.0 Å². The monoisotopic (exact) mass is 404 g/mol. The van der Waals surface area contributed by atoms with Gasteiger partial charge in [-0.1, -0.05) is 35.7 Å². The van der Waals surface area contributed by atoms with E-state index < -0.39 is 5.54 Å². The van der Waals surface area contributed by atoms with Crippen LogP contribution in [0.5, 0.6) is 0 Å². The molecule has 0 radical (unpaired) electrons.